The van der Waals surface area contributed by atoms with Crippen LogP contribution in [0, 0.1) is 5.92 Å². The highest BCUT2D eigenvalue weighted by molar-refractivity contribution is 7.89. The number of sulfonamides is 1. The van der Waals surface area contributed by atoms with Crippen molar-refractivity contribution in [3.8, 4) is 0 Å². The molecular weight excluding hydrogens is 226 g/mol. The lowest BCUT2D eigenvalue weighted by Crippen LogP contribution is -2.46. The number of aliphatic hydroxyl groups excluding tert-OH is 1. The highest BCUT2D eigenvalue weighted by Crippen LogP contribution is 2.28. The molecule has 0 bridgehead atoms. The molecule has 0 aromatic carbocycles. The number of hydrogen-bond donors (Lipinski definition) is 2. The van der Waals surface area contributed by atoms with Gasteiger partial charge in [0.05, 0.1) is 11.9 Å². The van der Waals surface area contributed by atoms with Crippen molar-refractivity contribution in [3.63, 3.8) is 0 Å². The molecule has 0 aromatic rings. The van der Waals surface area contributed by atoms with Gasteiger partial charge in [0.15, 0.2) is 0 Å². The van der Waals surface area contributed by atoms with Crippen LogP contribution in [0.3, 0.4) is 0 Å². The first-order valence-corrected chi connectivity index (χ1v) is 7.90. The van der Waals surface area contributed by atoms with Crippen LogP contribution in [-0.2, 0) is 10.0 Å². The highest BCUT2D eigenvalue weighted by atomic mass is 32.2. The quantitative estimate of drug-likeness (QED) is 0.779. The fraction of sp³-hybridized carbons (Fsp3) is 1.00. The van der Waals surface area contributed by atoms with E-state index in [4.69, 9.17) is 0 Å². The zero-order chi connectivity index (χ0) is 11.6. The summed E-state index contributed by atoms with van der Waals surface area (Å²) < 4.78 is 26.3. The normalized spacial score (nSPS) is 32.3. The van der Waals surface area contributed by atoms with Crippen molar-refractivity contribution in [2.75, 3.05) is 5.75 Å². The molecule has 0 spiro atoms. The second-order valence-corrected chi connectivity index (χ2v) is 6.95. The van der Waals surface area contributed by atoms with Crippen LogP contribution in [-0.4, -0.2) is 31.4 Å². The topological polar surface area (TPSA) is 66.4 Å². The maximum atomic E-state index is 11.8. The first-order chi connectivity index (χ1) is 7.57. The van der Waals surface area contributed by atoms with Crippen molar-refractivity contribution < 1.29 is 13.5 Å². The van der Waals surface area contributed by atoms with Crippen LogP contribution in [0.25, 0.3) is 0 Å². The molecule has 0 aliphatic heterocycles. The smallest absolute Gasteiger partial charge is 0.212 e. The Bertz CT molecular complexity index is 324. The summed E-state index contributed by atoms with van der Waals surface area (Å²) in [5, 5.41) is 9.71. The zero-order valence-corrected chi connectivity index (χ0v) is 10.4. The minimum Gasteiger partial charge on any atom is -0.391 e. The third-order valence-corrected chi connectivity index (χ3v) is 5.31. The number of aliphatic hydroxyl groups is 1. The molecule has 2 atom stereocenters. The van der Waals surface area contributed by atoms with E-state index in [0.717, 1.165) is 44.9 Å². The van der Waals surface area contributed by atoms with Gasteiger partial charge in [0.2, 0.25) is 10.0 Å². The van der Waals surface area contributed by atoms with Crippen molar-refractivity contribution in [3.05, 3.63) is 0 Å². The van der Waals surface area contributed by atoms with E-state index in [-0.39, 0.29) is 11.8 Å². The first-order valence-electron chi connectivity index (χ1n) is 6.25. The Balaban J connectivity index is 1.86. The van der Waals surface area contributed by atoms with Crippen molar-refractivity contribution in [1.29, 1.82) is 0 Å². The van der Waals surface area contributed by atoms with Gasteiger partial charge in [-0.25, -0.2) is 13.1 Å². The molecule has 2 fully saturated rings. The summed E-state index contributed by atoms with van der Waals surface area (Å²) in [6.07, 6.45) is 6.23. The lowest BCUT2D eigenvalue weighted by atomic mass is 9.87. The molecule has 5 heteroatoms. The molecule has 4 nitrogen and oxygen atoms in total. The van der Waals surface area contributed by atoms with E-state index in [1.54, 1.807) is 0 Å². The van der Waals surface area contributed by atoms with Crippen molar-refractivity contribution in [2.45, 2.75) is 57.1 Å². The average Bonchev–Trinajstić information content (AvgIpc) is 2.16. The van der Waals surface area contributed by atoms with E-state index in [9.17, 15) is 13.5 Å². The molecule has 2 rings (SSSR count). The Hall–Kier alpha value is -0.130. The summed E-state index contributed by atoms with van der Waals surface area (Å²) in [5.74, 6) is 0.592. The Kier molecular flexibility index (Phi) is 3.87. The predicted molar refractivity (Wildman–Crippen MR) is 62.5 cm³/mol. The minimum atomic E-state index is -3.18. The molecule has 0 heterocycles. The van der Waals surface area contributed by atoms with Gasteiger partial charge in [0, 0.05) is 6.04 Å². The lowest BCUT2D eigenvalue weighted by molar-refractivity contribution is 0.101. The highest BCUT2D eigenvalue weighted by Gasteiger charge is 2.30. The molecule has 2 aliphatic carbocycles. The molecule has 16 heavy (non-hydrogen) atoms. The van der Waals surface area contributed by atoms with Crippen molar-refractivity contribution >= 4 is 10.0 Å². The summed E-state index contributed by atoms with van der Waals surface area (Å²) in [6, 6.07) is -0.251. The Morgan fingerprint density at radius 3 is 2.31 bits per heavy atom. The van der Waals surface area contributed by atoms with E-state index in [1.165, 1.54) is 0 Å². The van der Waals surface area contributed by atoms with E-state index >= 15 is 0 Å². The summed E-state index contributed by atoms with van der Waals surface area (Å²) in [5.41, 5.74) is 0. The number of hydrogen-bond acceptors (Lipinski definition) is 3. The fourth-order valence-corrected chi connectivity index (χ4v) is 4.28. The van der Waals surface area contributed by atoms with Gasteiger partial charge in [-0.3, -0.25) is 0 Å². The van der Waals surface area contributed by atoms with E-state index in [0.29, 0.717) is 5.92 Å². The lowest BCUT2D eigenvalue weighted by Gasteiger charge is -2.30. The van der Waals surface area contributed by atoms with Gasteiger partial charge in [-0.2, -0.15) is 0 Å². The molecule has 2 saturated carbocycles. The van der Waals surface area contributed by atoms with Gasteiger partial charge < -0.3 is 5.11 Å². The van der Waals surface area contributed by atoms with Crippen LogP contribution in [0.5, 0.6) is 0 Å². The summed E-state index contributed by atoms with van der Waals surface area (Å²) >= 11 is 0. The third kappa shape index (κ3) is 3.18. The van der Waals surface area contributed by atoms with Crippen molar-refractivity contribution in [1.82, 2.24) is 4.72 Å². The maximum Gasteiger partial charge on any atom is 0.212 e. The van der Waals surface area contributed by atoms with Crippen LogP contribution in [0.4, 0.5) is 0 Å². The molecule has 0 amide bonds. The van der Waals surface area contributed by atoms with Crippen LogP contribution < -0.4 is 4.72 Å². The molecule has 0 saturated heterocycles. The molecule has 94 valence electrons. The van der Waals surface area contributed by atoms with Gasteiger partial charge in [-0.15, -0.1) is 0 Å². The SMILES string of the molecule is O=S(=O)(CC1CCC1)NC1CCCCC1O. The number of nitrogens with one attached hydrogen (secondary N) is 1. The third-order valence-electron chi connectivity index (χ3n) is 3.74. The largest absolute Gasteiger partial charge is 0.391 e. The van der Waals surface area contributed by atoms with Gasteiger partial charge in [0.1, 0.15) is 0 Å². The molecule has 2 aliphatic rings. The van der Waals surface area contributed by atoms with Gasteiger partial charge >= 0.3 is 0 Å². The maximum absolute atomic E-state index is 11.8. The zero-order valence-electron chi connectivity index (χ0n) is 9.56. The standard InChI is InChI=1S/C11H21NO3S/c13-11-7-2-1-6-10(11)12-16(14,15)8-9-4-3-5-9/h9-13H,1-8H2. The molecule has 0 aromatic heterocycles. The average molecular weight is 247 g/mol. The van der Waals surface area contributed by atoms with Gasteiger partial charge in [-0.1, -0.05) is 19.3 Å². The second kappa shape index (κ2) is 5.02. The van der Waals surface area contributed by atoms with E-state index < -0.39 is 16.1 Å². The summed E-state index contributed by atoms with van der Waals surface area (Å²) in [6.45, 7) is 0. The van der Waals surface area contributed by atoms with Crippen molar-refractivity contribution in [2.24, 2.45) is 5.92 Å². The van der Waals surface area contributed by atoms with Crippen LogP contribution >= 0.6 is 0 Å². The summed E-state index contributed by atoms with van der Waals surface area (Å²) in [4.78, 5) is 0. The minimum absolute atomic E-state index is 0.246. The van der Waals surface area contributed by atoms with Crippen LogP contribution in [0.1, 0.15) is 44.9 Å². The van der Waals surface area contributed by atoms with Crippen LogP contribution in [0.2, 0.25) is 0 Å². The molecule has 2 unspecified atom stereocenters. The van der Waals surface area contributed by atoms with Gasteiger partial charge in [-0.05, 0) is 31.6 Å². The molecule has 2 N–H and O–H groups in total. The second-order valence-electron chi connectivity index (χ2n) is 5.15. The molecular formula is C11H21NO3S. The van der Waals surface area contributed by atoms with E-state index in [1.807, 2.05) is 0 Å². The molecule has 0 radical (unpaired) electrons. The van der Waals surface area contributed by atoms with E-state index in [2.05, 4.69) is 4.72 Å². The predicted octanol–water partition coefficient (Wildman–Crippen LogP) is 1.01. The Labute approximate surface area is 97.5 Å². The summed E-state index contributed by atoms with van der Waals surface area (Å²) in [7, 11) is -3.18. The van der Waals surface area contributed by atoms with Crippen LogP contribution in [0.15, 0.2) is 0 Å². The Morgan fingerprint density at radius 1 is 1.06 bits per heavy atom. The number of rotatable bonds is 4. The Morgan fingerprint density at radius 2 is 1.75 bits per heavy atom. The fourth-order valence-electron chi connectivity index (χ4n) is 2.50. The first kappa shape index (κ1) is 12.3. The monoisotopic (exact) mass is 247 g/mol. The van der Waals surface area contributed by atoms with Gasteiger partial charge in [0.25, 0.3) is 0 Å².